The van der Waals surface area contributed by atoms with E-state index in [1.807, 2.05) is 35.0 Å². The molecule has 3 heteroatoms. The minimum absolute atomic E-state index is 0.151. The van der Waals surface area contributed by atoms with Gasteiger partial charge in [-0.05, 0) is 18.6 Å². The average molecular weight is 216 g/mol. The summed E-state index contributed by atoms with van der Waals surface area (Å²) < 4.78 is 1.98. The summed E-state index contributed by atoms with van der Waals surface area (Å²) in [5.41, 5.74) is 2.30. The van der Waals surface area contributed by atoms with Crippen LogP contribution in [0, 0.1) is 6.92 Å². The fraction of sp³-hybridized carbons (Fsp3) is 0.231. The minimum atomic E-state index is -0.767. The average Bonchev–Trinajstić information content (AvgIpc) is 2.28. The molecule has 0 aliphatic carbocycles. The molecule has 1 aromatic heterocycles. The molecule has 16 heavy (non-hydrogen) atoms. The molecule has 1 N–H and O–H groups in total. The first-order valence-corrected chi connectivity index (χ1v) is 5.28. The van der Waals surface area contributed by atoms with Crippen molar-refractivity contribution in [3.8, 4) is 0 Å². The number of rotatable bonds is 3. The standard InChI is InChI=1S/C13H13NO2/c1-10-6-8-14(9-7-13(15)16)12-5-3-2-4-11(10)12/h2-6,8H,7,9H2,1H3/p+1. The van der Waals surface area contributed by atoms with Crippen LogP contribution in [0.3, 0.4) is 0 Å². The molecule has 0 spiro atoms. The van der Waals surface area contributed by atoms with Crippen molar-refractivity contribution in [2.45, 2.75) is 19.9 Å². The van der Waals surface area contributed by atoms with Crippen molar-refractivity contribution in [2.75, 3.05) is 0 Å². The van der Waals surface area contributed by atoms with Crippen molar-refractivity contribution in [1.82, 2.24) is 0 Å². The lowest BCUT2D eigenvalue weighted by Crippen LogP contribution is -2.35. The van der Waals surface area contributed by atoms with E-state index in [2.05, 4.69) is 13.0 Å². The number of benzene rings is 1. The Balaban J connectivity index is 2.46. The summed E-state index contributed by atoms with van der Waals surface area (Å²) in [6.07, 6.45) is 2.10. The van der Waals surface area contributed by atoms with Gasteiger partial charge in [0, 0.05) is 17.5 Å². The van der Waals surface area contributed by atoms with Crippen LogP contribution in [0.4, 0.5) is 0 Å². The Bertz CT molecular complexity index is 534. The van der Waals surface area contributed by atoms with Gasteiger partial charge in [0.15, 0.2) is 12.7 Å². The van der Waals surface area contributed by atoms with E-state index in [0.717, 1.165) is 5.52 Å². The molecule has 1 heterocycles. The van der Waals surface area contributed by atoms with Gasteiger partial charge in [0.2, 0.25) is 5.52 Å². The Kier molecular flexibility index (Phi) is 2.86. The number of carboxylic acid groups (broad SMARTS) is 1. The molecule has 2 aromatic rings. The van der Waals surface area contributed by atoms with Gasteiger partial charge < -0.3 is 5.11 Å². The Labute approximate surface area is 94.0 Å². The highest BCUT2D eigenvalue weighted by Crippen LogP contribution is 2.13. The highest BCUT2D eigenvalue weighted by Gasteiger charge is 2.11. The van der Waals surface area contributed by atoms with E-state index in [9.17, 15) is 4.79 Å². The van der Waals surface area contributed by atoms with Crippen molar-refractivity contribution in [2.24, 2.45) is 0 Å². The van der Waals surface area contributed by atoms with Gasteiger partial charge in [0.25, 0.3) is 0 Å². The van der Waals surface area contributed by atoms with E-state index < -0.39 is 5.97 Å². The third-order valence-electron chi connectivity index (χ3n) is 2.71. The molecule has 82 valence electrons. The minimum Gasteiger partial charge on any atom is -0.481 e. The zero-order chi connectivity index (χ0) is 11.5. The topological polar surface area (TPSA) is 41.2 Å². The summed E-state index contributed by atoms with van der Waals surface area (Å²) in [5.74, 6) is -0.767. The summed E-state index contributed by atoms with van der Waals surface area (Å²) in [4.78, 5) is 10.6. The van der Waals surface area contributed by atoms with E-state index in [4.69, 9.17) is 5.11 Å². The first-order chi connectivity index (χ1) is 7.68. The van der Waals surface area contributed by atoms with E-state index in [0.29, 0.717) is 6.54 Å². The van der Waals surface area contributed by atoms with Crippen LogP contribution >= 0.6 is 0 Å². The van der Waals surface area contributed by atoms with Gasteiger partial charge in [-0.1, -0.05) is 12.1 Å². The molecule has 1 aromatic carbocycles. The molecule has 3 nitrogen and oxygen atoms in total. The van der Waals surface area contributed by atoms with Gasteiger partial charge in [0.1, 0.15) is 6.42 Å². The number of aromatic nitrogens is 1. The van der Waals surface area contributed by atoms with Crippen LogP contribution in [-0.4, -0.2) is 11.1 Å². The first-order valence-electron chi connectivity index (χ1n) is 5.28. The molecule has 0 amide bonds. The first kappa shape index (κ1) is 10.6. The van der Waals surface area contributed by atoms with Crippen LogP contribution in [0.1, 0.15) is 12.0 Å². The summed E-state index contributed by atoms with van der Waals surface area (Å²) in [5, 5.41) is 9.86. The Hall–Kier alpha value is -1.90. The fourth-order valence-corrected chi connectivity index (χ4v) is 1.84. The maximum atomic E-state index is 10.6. The summed E-state index contributed by atoms with van der Waals surface area (Å²) in [6.45, 7) is 2.57. The molecule has 0 aliphatic heterocycles. The number of nitrogens with zero attached hydrogens (tertiary/aromatic N) is 1. The van der Waals surface area contributed by atoms with Gasteiger partial charge in [-0.25, -0.2) is 0 Å². The second-order valence-corrected chi connectivity index (χ2v) is 3.85. The van der Waals surface area contributed by atoms with Crippen LogP contribution in [0.2, 0.25) is 0 Å². The van der Waals surface area contributed by atoms with Crippen molar-refractivity contribution < 1.29 is 14.5 Å². The second-order valence-electron chi connectivity index (χ2n) is 3.85. The van der Waals surface area contributed by atoms with Gasteiger partial charge >= 0.3 is 5.97 Å². The Morgan fingerprint density at radius 3 is 2.81 bits per heavy atom. The lowest BCUT2D eigenvalue weighted by atomic mass is 10.1. The number of aliphatic carboxylic acids is 1. The molecular formula is C13H14NO2+. The summed E-state index contributed by atoms with van der Waals surface area (Å²) >= 11 is 0. The highest BCUT2D eigenvalue weighted by molar-refractivity contribution is 5.78. The molecule has 0 fully saturated rings. The Morgan fingerprint density at radius 2 is 2.06 bits per heavy atom. The smallest absolute Gasteiger partial charge is 0.309 e. The molecule has 0 aliphatic rings. The van der Waals surface area contributed by atoms with Crippen LogP contribution in [0.5, 0.6) is 0 Å². The third kappa shape index (κ3) is 2.03. The SMILES string of the molecule is Cc1cc[n+](CCC(=O)O)c2ccccc12. The fourth-order valence-electron chi connectivity index (χ4n) is 1.84. The van der Waals surface area contributed by atoms with Gasteiger partial charge in [0.05, 0.1) is 0 Å². The van der Waals surface area contributed by atoms with Crippen molar-refractivity contribution in [3.63, 3.8) is 0 Å². The van der Waals surface area contributed by atoms with E-state index in [1.165, 1.54) is 10.9 Å². The highest BCUT2D eigenvalue weighted by atomic mass is 16.4. The van der Waals surface area contributed by atoms with E-state index in [-0.39, 0.29) is 6.42 Å². The summed E-state index contributed by atoms with van der Waals surface area (Å²) in [6, 6.07) is 10.1. The molecular weight excluding hydrogens is 202 g/mol. The molecule has 0 saturated heterocycles. The Morgan fingerprint density at radius 1 is 1.31 bits per heavy atom. The quantitative estimate of drug-likeness (QED) is 0.796. The van der Waals surface area contributed by atoms with Gasteiger partial charge in [-0.15, -0.1) is 0 Å². The number of hydrogen-bond acceptors (Lipinski definition) is 1. The number of carboxylic acids is 1. The third-order valence-corrected chi connectivity index (χ3v) is 2.71. The number of pyridine rings is 1. The van der Waals surface area contributed by atoms with Crippen LogP contribution < -0.4 is 4.57 Å². The lowest BCUT2D eigenvalue weighted by Gasteiger charge is -2.02. The van der Waals surface area contributed by atoms with Gasteiger partial charge in [-0.2, -0.15) is 4.57 Å². The number of carbonyl (C=O) groups is 1. The maximum Gasteiger partial charge on any atom is 0.309 e. The van der Waals surface area contributed by atoms with Crippen molar-refractivity contribution in [1.29, 1.82) is 0 Å². The van der Waals surface area contributed by atoms with E-state index in [1.54, 1.807) is 0 Å². The molecule has 0 atom stereocenters. The van der Waals surface area contributed by atoms with Gasteiger partial charge in [-0.3, -0.25) is 4.79 Å². The molecule has 0 saturated carbocycles. The molecule has 0 bridgehead atoms. The largest absolute Gasteiger partial charge is 0.481 e. The monoisotopic (exact) mass is 216 g/mol. The maximum absolute atomic E-state index is 10.6. The number of para-hydroxylation sites is 1. The predicted molar refractivity (Wildman–Crippen MR) is 61.1 cm³/mol. The van der Waals surface area contributed by atoms with Crippen molar-refractivity contribution in [3.05, 3.63) is 42.1 Å². The predicted octanol–water partition coefficient (Wildman–Crippen LogP) is 1.91. The second kappa shape index (κ2) is 4.31. The zero-order valence-electron chi connectivity index (χ0n) is 9.18. The normalized spacial score (nSPS) is 10.6. The van der Waals surface area contributed by atoms with Crippen LogP contribution in [0.15, 0.2) is 36.5 Å². The van der Waals surface area contributed by atoms with Crippen molar-refractivity contribution >= 4 is 16.9 Å². The molecule has 2 rings (SSSR count). The van der Waals surface area contributed by atoms with E-state index >= 15 is 0 Å². The zero-order valence-corrected chi connectivity index (χ0v) is 9.18. The number of fused-ring (bicyclic) bond motifs is 1. The number of hydrogen-bond donors (Lipinski definition) is 1. The molecule has 0 unspecified atom stereocenters. The molecule has 0 radical (unpaired) electrons. The van der Waals surface area contributed by atoms with Crippen LogP contribution in [0.25, 0.3) is 10.9 Å². The van der Waals surface area contributed by atoms with Crippen LogP contribution in [-0.2, 0) is 11.3 Å². The number of aryl methyl sites for hydroxylation is 2. The lowest BCUT2D eigenvalue weighted by molar-refractivity contribution is -0.670. The summed E-state index contributed by atoms with van der Waals surface area (Å²) in [7, 11) is 0.